The predicted octanol–water partition coefficient (Wildman–Crippen LogP) is 7.23. The molecule has 0 atom stereocenters. The van der Waals surface area contributed by atoms with Crippen LogP contribution in [0.3, 0.4) is 0 Å². The average Bonchev–Trinajstić information content (AvgIpc) is 3.10. The number of aromatic amines is 1. The number of hydrogen-bond acceptors (Lipinski definition) is 5. The number of nitrogens with zero attached hydrogens (tertiary/aromatic N) is 6. The van der Waals surface area contributed by atoms with Crippen molar-refractivity contribution in [3.05, 3.63) is 94.4 Å². The number of rotatable bonds is 6. The molecule has 0 aliphatic heterocycles. The molecule has 9 heteroatoms. The van der Waals surface area contributed by atoms with Gasteiger partial charge in [-0.2, -0.15) is 15.3 Å². The van der Waals surface area contributed by atoms with Gasteiger partial charge in [-0.15, -0.1) is 17.5 Å². The summed E-state index contributed by atoms with van der Waals surface area (Å²) in [5.74, 6) is 0. The van der Waals surface area contributed by atoms with Gasteiger partial charge in [-0.3, -0.25) is 14.4 Å². The van der Waals surface area contributed by atoms with E-state index in [4.69, 9.17) is 0 Å². The van der Waals surface area contributed by atoms with Gasteiger partial charge in [-0.1, -0.05) is 24.3 Å². The van der Waals surface area contributed by atoms with E-state index in [-0.39, 0.29) is 23.7 Å². The SMILES string of the molecule is Cc1cc(N=Nc2c(C)[nH]n(-c3ccccc3)c2=O)ccc1N=Nc1cccc([N+](C)(C)C)c1.Cl. The van der Waals surface area contributed by atoms with Crippen LogP contribution >= 0.6 is 12.4 Å². The number of benzene rings is 3. The molecule has 3 aromatic carbocycles. The average molecular weight is 491 g/mol. The molecular formula is C26H29ClN7O+. The summed E-state index contributed by atoms with van der Waals surface area (Å²) in [4.78, 5) is 12.8. The predicted molar refractivity (Wildman–Crippen MR) is 144 cm³/mol. The third-order valence-electron chi connectivity index (χ3n) is 5.38. The molecule has 4 aromatic rings. The summed E-state index contributed by atoms with van der Waals surface area (Å²) in [6.45, 7) is 3.75. The molecule has 35 heavy (non-hydrogen) atoms. The minimum atomic E-state index is -0.245. The fourth-order valence-electron chi connectivity index (χ4n) is 3.42. The highest BCUT2D eigenvalue weighted by Gasteiger charge is 2.13. The van der Waals surface area contributed by atoms with Gasteiger partial charge in [0.2, 0.25) is 0 Å². The molecule has 1 heterocycles. The van der Waals surface area contributed by atoms with Crippen molar-refractivity contribution in [1.29, 1.82) is 0 Å². The molecule has 1 aromatic heterocycles. The molecule has 0 fully saturated rings. The van der Waals surface area contributed by atoms with E-state index in [1.807, 2.05) is 73.7 Å². The Morgan fingerprint density at radius 2 is 1.46 bits per heavy atom. The Labute approximate surface area is 210 Å². The molecule has 0 spiro atoms. The number of halogens is 1. The Balaban J connectivity index is 0.00000342. The Morgan fingerprint density at radius 1 is 0.771 bits per heavy atom. The normalized spacial score (nSPS) is 11.8. The topological polar surface area (TPSA) is 87.2 Å². The number of aromatic nitrogens is 2. The van der Waals surface area contributed by atoms with Crippen LogP contribution in [0.2, 0.25) is 0 Å². The Bertz CT molecular complexity index is 1430. The van der Waals surface area contributed by atoms with Crippen LogP contribution in [0, 0.1) is 13.8 Å². The summed E-state index contributed by atoms with van der Waals surface area (Å²) < 4.78 is 2.17. The van der Waals surface area contributed by atoms with Crippen molar-refractivity contribution in [3.8, 4) is 5.69 Å². The first kappa shape index (κ1) is 25.7. The Morgan fingerprint density at radius 3 is 2.14 bits per heavy atom. The third kappa shape index (κ3) is 5.98. The first-order chi connectivity index (χ1) is 16.2. The van der Waals surface area contributed by atoms with Crippen LogP contribution in [-0.4, -0.2) is 30.9 Å². The first-order valence-electron chi connectivity index (χ1n) is 11.0. The van der Waals surface area contributed by atoms with E-state index in [9.17, 15) is 4.79 Å². The van der Waals surface area contributed by atoms with E-state index in [1.54, 1.807) is 6.92 Å². The van der Waals surface area contributed by atoms with E-state index in [1.165, 1.54) is 4.68 Å². The second kappa shape index (κ2) is 10.6. The molecule has 0 saturated heterocycles. The fraction of sp³-hybridized carbons (Fsp3) is 0.192. The van der Waals surface area contributed by atoms with Crippen molar-refractivity contribution < 1.29 is 0 Å². The quantitative estimate of drug-likeness (QED) is 0.224. The zero-order valence-corrected chi connectivity index (χ0v) is 21.2. The van der Waals surface area contributed by atoms with Crippen LogP contribution in [0.5, 0.6) is 0 Å². The van der Waals surface area contributed by atoms with Gasteiger partial charge in [-0.25, -0.2) is 4.68 Å². The van der Waals surface area contributed by atoms with Gasteiger partial charge >= 0.3 is 0 Å². The van der Waals surface area contributed by atoms with Crippen molar-refractivity contribution in [2.24, 2.45) is 20.5 Å². The van der Waals surface area contributed by atoms with Gasteiger partial charge in [0.05, 0.1) is 49.6 Å². The number of nitrogens with one attached hydrogen (secondary N) is 1. The van der Waals surface area contributed by atoms with Crippen LogP contribution < -0.4 is 10.0 Å². The lowest BCUT2D eigenvalue weighted by atomic mass is 10.2. The highest BCUT2D eigenvalue weighted by Crippen LogP contribution is 2.29. The molecule has 0 aliphatic carbocycles. The van der Waals surface area contributed by atoms with Crippen LogP contribution in [0.15, 0.2) is 98.0 Å². The Hall–Kier alpha value is -3.88. The highest BCUT2D eigenvalue weighted by atomic mass is 35.5. The van der Waals surface area contributed by atoms with Crippen molar-refractivity contribution in [2.75, 3.05) is 21.1 Å². The fourth-order valence-corrected chi connectivity index (χ4v) is 3.42. The maximum Gasteiger partial charge on any atom is 0.299 e. The van der Waals surface area contributed by atoms with Crippen LogP contribution in [-0.2, 0) is 0 Å². The number of para-hydroxylation sites is 1. The highest BCUT2D eigenvalue weighted by molar-refractivity contribution is 5.85. The molecule has 0 unspecified atom stereocenters. The van der Waals surface area contributed by atoms with Gasteiger partial charge < -0.3 is 0 Å². The number of quaternary nitrogens is 1. The van der Waals surface area contributed by atoms with Crippen molar-refractivity contribution in [2.45, 2.75) is 13.8 Å². The minimum absolute atomic E-state index is 0. The van der Waals surface area contributed by atoms with Gasteiger partial charge in [0.1, 0.15) is 5.69 Å². The van der Waals surface area contributed by atoms with Gasteiger partial charge in [0.25, 0.3) is 5.56 Å². The maximum absolute atomic E-state index is 12.8. The van der Waals surface area contributed by atoms with Gasteiger partial charge in [0.15, 0.2) is 5.69 Å². The van der Waals surface area contributed by atoms with Gasteiger partial charge in [0, 0.05) is 6.07 Å². The van der Waals surface area contributed by atoms with Crippen molar-refractivity contribution >= 4 is 40.8 Å². The zero-order valence-electron chi connectivity index (χ0n) is 20.4. The second-order valence-electron chi connectivity index (χ2n) is 8.96. The molecule has 0 bridgehead atoms. The first-order valence-corrected chi connectivity index (χ1v) is 11.0. The van der Waals surface area contributed by atoms with Crippen LogP contribution in [0.4, 0.5) is 28.4 Å². The molecule has 0 amide bonds. The molecule has 0 radical (unpaired) electrons. The molecule has 8 nitrogen and oxygen atoms in total. The number of azo groups is 2. The molecule has 4 rings (SSSR count). The minimum Gasteiger partial charge on any atom is -0.298 e. The van der Waals surface area contributed by atoms with Crippen molar-refractivity contribution in [1.82, 2.24) is 14.3 Å². The second-order valence-corrected chi connectivity index (χ2v) is 8.96. The van der Waals surface area contributed by atoms with E-state index in [0.717, 1.165) is 28.3 Å². The van der Waals surface area contributed by atoms with E-state index in [0.29, 0.717) is 15.9 Å². The lowest BCUT2D eigenvalue weighted by Crippen LogP contribution is -2.34. The van der Waals surface area contributed by atoms with Crippen LogP contribution in [0.1, 0.15) is 11.3 Å². The monoisotopic (exact) mass is 490 g/mol. The molecule has 1 N–H and O–H groups in total. The third-order valence-corrected chi connectivity index (χ3v) is 5.38. The summed E-state index contributed by atoms with van der Waals surface area (Å²) in [6.07, 6.45) is 0. The number of hydrogen-bond donors (Lipinski definition) is 1. The molecule has 0 aliphatic rings. The smallest absolute Gasteiger partial charge is 0.298 e. The lowest BCUT2D eigenvalue weighted by Gasteiger charge is -2.23. The van der Waals surface area contributed by atoms with Crippen LogP contribution in [0.25, 0.3) is 5.69 Å². The number of H-pyrrole nitrogens is 1. The van der Waals surface area contributed by atoms with Gasteiger partial charge in [-0.05, 0) is 61.9 Å². The standard InChI is InChI=1S/C26H27N7O.ClH/c1-18-16-21(14-15-24(18)29-27-20-10-9-13-23(17-20)33(3,4)5)28-30-25-19(2)31-32(26(25)34)22-11-7-6-8-12-22;/h6-17H,1-5H3;1H/p+1. The molecule has 0 saturated carbocycles. The summed E-state index contributed by atoms with van der Waals surface area (Å²) in [7, 11) is 6.33. The molecular weight excluding hydrogens is 462 g/mol. The summed E-state index contributed by atoms with van der Waals surface area (Å²) >= 11 is 0. The van der Waals surface area contributed by atoms with Crippen molar-refractivity contribution in [3.63, 3.8) is 0 Å². The maximum atomic E-state index is 12.8. The van der Waals surface area contributed by atoms with E-state index in [2.05, 4.69) is 52.8 Å². The Kier molecular flexibility index (Phi) is 7.78. The summed E-state index contributed by atoms with van der Waals surface area (Å²) in [5.41, 5.74) is 5.67. The summed E-state index contributed by atoms with van der Waals surface area (Å²) in [5, 5.41) is 20.4. The summed E-state index contributed by atoms with van der Waals surface area (Å²) in [6, 6.07) is 22.9. The molecule has 180 valence electrons. The van der Waals surface area contributed by atoms with E-state index >= 15 is 0 Å². The van der Waals surface area contributed by atoms with E-state index < -0.39 is 0 Å². The largest absolute Gasteiger partial charge is 0.299 e. The lowest BCUT2D eigenvalue weighted by molar-refractivity contribution is 0.486. The zero-order chi connectivity index (χ0) is 24.3. The number of aryl methyl sites for hydroxylation is 2.